The molecule has 1 unspecified atom stereocenters. The van der Waals surface area contributed by atoms with E-state index in [1.54, 1.807) is 0 Å². The lowest BCUT2D eigenvalue weighted by molar-refractivity contribution is -0.164. The van der Waals surface area contributed by atoms with Crippen molar-refractivity contribution in [3.05, 3.63) is 24.3 Å². The van der Waals surface area contributed by atoms with Crippen LogP contribution < -0.4 is 0 Å². The van der Waals surface area contributed by atoms with Crippen molar-refractivity contribution in [2.45, 2.75) is 225 Å². The summed E-state index contributed by atoms with van der Waals surface area (Å²) in [6.45, 7) is 4.51. The fourth-order valence-corrected chi connectivity index (χ4v) is 5.94. The van der Waals surface area contributed by atoms with Gasteiger partial charge in [0.2, 0.25) is 0 Å². The van der Waals surface area contributed by atoms with Crippen LogP contribution in [0.25, 0.3) is 0 Å². The topological polar surface area (TPSA) is 63.6 Å². The van der Waals surface area contributed by atoms with Gasteiger partial charge in [0.1, 0.15) is 0 Å². The van der Waals surface area contributed by atoms with Gasteiger partial charge in [-0.1, -0.05) is 186 Å². The van der Waals surface area contributed by atoms with Gasteiger partial charge in [-0.15, -0.1) is 0 Å². The van der Waals surface area contributed by atoms with Crippen molar-refractivity contribution in [2.75, 3.05) is 0 Å². The van der Waals surface area contributed by atoms with Crippen LogP contribution in [0.4, 0.5) is 0 Å². The lowest BCUT2D eigenvalue weighted by atomic mass is 10.0. The van der Waals surface area contributed by atoms with Crippen LogP contribution in [0, 0.1) is 0 Å². The monoisotopic (exact) mass is 633 g/mol. The summed E-state index contributed by atoms with van der Waals surface area (Å²) in [7, 11) is 0. The lowest BCUT2D eigenvalue weighted by Crippen LogP contribution is -2.27. The van der Waals surface area contributed by atoms with Crippen LogP contribution >= 0.6 is 0 Å². The quantitative estimate of drug-likeness (QED) is 0.0424. The van der Waals surface area contributed by atoms with Crippen LogP contribution in [0.2, 0.25) is 0 Å². The van der Waals surface area contributed by atoms with Gasteiger partial charge in [-0.3, -0.25) is 4.79 Å². The van der Waals surface area contributed by atoms with E-state index in [0.717, 1.165) is 44.9 Å². The van der Waals surface area contributed by atoms with Crippen molar-refractivity contribution >= 4 is 11.9 Å². The predicted octanol–water partition coefficient (Wildman–Crippen LogP) is 13.6. The number of carbonyl (C=O) groups excluding carboxylic acids is 1. The molecule has 4 nitrogen and oxygen atoms in total. The molecule has 0 rings (SSSR count). The number of carboxylic acid groups (broad SMARTS) is 1. The molecule has 0 aromatic heterocycles. The summed E-state index contributed by atoms with van der Waals surface area (Å²) >= 11 is 0. The van der Waals surface area contributed by atoms with Crippen LogP contribution in [-0.2, 0) is 14.3 Å². The Morgan fingerprint density at radius 2 is 0.844 bits per heavy atom. The van der Waals surface area contributed by atoms with Gasteiger partial charge in [0.15, 0.2) is 6.10 Å². The number of esters is 1. The molecule has 0 aromatic rings. The minimum Gasteiger partial charge on any atom is -0.479 e. The second kappa shape index (κ2) is 36.9. The Labute approximate surface area is 280 Å². The van der Waals surface area contributed by atoms with Crippen LogP contribution in [0.1, 0.15) is 219 Å². The summed E-state index contributed by atoms with van der Waals surface area (Å²) in [6, 6.07) is 0. The molecule has 0 spiro atoms. The maximum Gasteiger partial charge on any atom is 0.345 e. The van der Waals surface area contributed by atoms with Gasteiger partial charge in [-0.05, 0) is 51.4 Å². The third-order valence-corrected chi connectivity index (χ3v) is 8.95. The molecular weight excluding hydrogens is 556 g/mol. The maximum absolute atomic E-state index is 12.2. The zero-order valence-electron chi connectivity index (χ0n) is 30.2. The molecule has 1 N–H and O–H groups in total. The Kier molecular flexibility index (Phi) is 35.6. The first-order chi connectivity index (χ1) is 22.1. The third-order valence-electron chi connectivity index (χ3n) is 8.95. The molecule has 0 aliphatic carbocycles. The van der Waals surface area contributed by atoms with Gasteiger partial charge in [0.25, 0.3) is 0 Å². The fourth-order valence-electron chi connectivity index (χ4n) is 5.94. The van der Waals surface area contributed by atoms with Crippen LogP contribution in [0.3, 0.4) is 0 Å². The molecule has 1 atom stereocenters. The van der Waals surface area contributed by atoms with E-state index in [-0.39, 0.29) is 5.97 Å². The van der Waals surface area contributed by atoms with Crippen molar-refractivity contribution in [2.24, 2.45) is 0 Å². The predicted molar refractivity (Wildman–Crippen MR) is 195 cm³/mol. The van der Waals surface area contributed by atoms with E-state index in [0.29, 0.717) is 12.8 Å². The molecular formula is C41H76O4. The number of rotatable bonds is 36. The Balaban J connectivity index is 3.51. The van der Waals surface area contributed by atoms with Crippen molar-refractivity contribution in [1.82, 2.24) is 0 Å². The number of carbonyl (C=O) groups is 2. The van der Waals surface area contributed by atoms with Gasteiger partial charge in [0.05, 0.1) is 0 Å². The highest BCUT2D eigenvalue weighted by atomic mass is 16.6. The van der Waals surface area contributed by atoms with E-state index in [2.05, 4.69) is 38.2 Å². The number of allylic oxidation sites excluding steroid dienone is 4. The van der Waals surface area contributed by atoms with E-state index >= 15 is 0 Å². The van der Waals surface area contributed by atoms with Crippen molar-refractivity contribution in [3.8, 4) is 0 Å². The summed E-state index contributed by atoms with van der Waals surface area (Å²) in [5, 5.41) is 9.48. The van der Waals surface area contributed by atoms with Crippen LogP contribution in [-0.4, -0.2) is 23.1 Å². The zero-order chi connectivity index (χ0) is 32.9. The molecule has 45 heavy (non-hydrogen) atoms. The maximum atomic E-state index is 12.2. The van der Waals surface area contributed by atoms with E-state index < -0.39 is 12.1 Å². The number of unbranched alkanes of at least 4 members (excludes halogenated alkanes) is 26. The molecule has 0 saturated carbocycles. The molecule has 0 saturated heterocycles. The largest absolute Gasteiger partial charge is 0.479 e. The highest BCUT2D eigenvalue weighted by Crippen LogP contribution is 2.16. The number of aliphatic carboxylic acids is 1. The Morgan fingerprint density at radius 1 is 0.489 bits per heavy atom. The van der Waals surface area contributed by atoms with Crippen LogP contribution in [0.5, 0.6) is 0 Å². The van der Waals surface area contributed by atoms with E-state index in [4.69, 9.17) is 4.74 Å². The smallest absolute Gasteiger partial charge is 0.345 e. The van der Waals surface area contributed by atoms with Crippen LogP contribution in [0.15, 0.2) is 24.3 Å². The minimum absolute atomic E-state index is 0.341. The fraction of sp³-hybridized carbons (Fsp3) is 0.854. The molecule has 4 heteroatoms. The first kappa shape index (κ1) is 43.4. The molecule has 0 bridgehead atoms. The molecule has 0 fully saturated rings. The molecule has 0 heterocycles. The standard InChI is InChI=1S/C41H76O4/c1-3-5-7-9-11-13-15-17-18-19-20-21-22-23-24-26-28-30-32-34-36-38-40(42)45-39(41(43)44)37-35-33-31-29-27-25-16-14-12-10-8-6-4-2/h11,13,17-18,39H,3-10,12,14-16,19-38H2,1-2H3,(H,43,44)/b13-11-,18-17-. The molecule has 0 radical (unpaired) electrons. The number of hydrogen-bond donors (Lipinski definition) is 1. The minimum atomic E-state index is -1.00. The summed E-state index contributed by atoms with van der Waals surface area (Å²) < 4.78 is 5.32. The number of ether oxygens (including phenoxy) is 1. The molecule has 0 aromatic carbocycles. The summed E-state index contributed by atoms with van der Waals surface area (Å²) in [5.74, 6) is -1.35. The van der Waals surface area contributed by atoms with Gasteiger partial charge in [0, 0.05) is 6.42 Å². The molecule has 0 aliphatic heterocycles. The average molecular weight is 633 g/mol. The van der Waals surface area contributed by atoms with E-state index in [1.165, 1.54) is 148 Å². The molecule has 264 valence electrons. The zero-order valence-corrected chi connectivity index (χ0v) is 30.2. The van der Waals surface area contributed by atoms with E-state index in [1.807, 2.05) is 0 Å². The Hall–Kier alpha value is -1.58. The van der Waals surface area contributed by atoms with Gasteiger partial charge in [-0.25, -0.2) is 4.79 Å². The Morgan fingerprint density at radius 3 is 1.29 bits per heavy atom. The van der Waals surface area contributed by atoms with Crippen molar-refractivity contribution in [3.63, 3.8) is 0 Å². The average Bonchev–Trinajstić information content (AvgIpc) is 3.03. The van der Waals surface area contributed by atoms with Crippen molar-refractivity contribution in [1.29, 1.82) is 0 Å². The van der Waals surface area contributed by atoms with Gasteiger partial charge < -0.3 is 9.84 Å². The second-order valence-corrected chi connectivity index (χ2v) is 13.5. The second-order valence-electron chi connectivity index (χ2n) is 13.5. The lowest BCUT2D eigenvalue weighted by Gasteiger charge is -2.13. The third kappa shape index (κ3) is 35.1. The van der Waals surface area contributed by atoms with E-state index in [9.17, 15) is 14.7 Å². The first-order valence-electron chi connectivity index (χ1n) is 19.8. The summed E-state index contributed by atoms with van der Waals surface area (Å²) in [4.78, 5) is 23.8. The van der Waals surface area contributed by atoms with Gasteiger partial charge in [-0.2, -0.15) is 0 Å². The van der Waals surface area contributed by atoms with Crippen molar-refractivity contribution < 1.29 is 19.4 Å². The highest BCUT2D eigenvalue weighted by molar-refractivity contribution is 5.77. The number of hydrogen-bond acceptors (Lipinski definition) is 3. The first-order valence-corrected chi connectivity index (χ1v) is 19.8. The summed E-state index contributed by atoms with van der Waals surface area (Å²) in [6.07, 6.45) is 46.4. The molecule has 0 amide bonds. The number of carboxylic acids is 1. The SMILES string of the molecule is CCCCC/C=C\C/C=C\CCCCCCCCCCCCCC(=O)OC(CCCCCCCCCCCCCCC)C(=O)O. The normalized spacial score (nSPS) is 12.4. The highest BCUT2D eigenvalue weighted by Gasteiger charge is 2.21. The molecule has 0 aliphatic rings. The summed E-state index contributed by atoms with van der Waals surface area (Å²) in [5.41, 5.74) is 0. The Bertz CT molecular complexity index is 683. The van der Waals surface area contributed by atoms with Gasteiger partial charge >= 0.3 is 11.9 Å².